The van der Waals surface area contributed by atoms with Crippen LogP contribution in [0.1, 0.15) is 0 Å². The van der Waals surface area contributed by atoms with E-state index in [4.69, 9.17) is 4.42 Å². The summed E-state index contributed by atoms with van der Waals surface area (Å²) >= 11 is 0. The second kappa shape index (κ2) is 4.72. The Balaban J connectivity index is 1.65. The van der Waals surface area contributed by atoms with Crippen molar-refractivity contribution < 1.29 is 9.21 Å². The number of hydrogen-bond acceptors (Lipinski definition) is 6. The largest absolute Gasteiger partial charge is 0.461 e. The van der Waals surface area contributed by atoms with Gasteiger partial charge in [-0.05, 0) is 17.3 Å². The number of carbonyl (C=O) groups is 1. The molecule has 1 amide bonds. The Bertz CT molecular complexity index is 656. The average Bonchev–Trinajstić information content (AvgIpc) is 3.09. The molecule has 0 aliphatic rings. The van der Waals surface area contributed by atoms with Gasteiger partial charge in [0.05, 0.1) is 18.1 Å². The first-order valence-electron chi connectivity index (χ1n) is 5.41. The fourth-order valence-electron chi connectivity index (χ4n) is 1.46. The fourth-order valence-corrected chi connectivity index (χ4v) is 1.46. The Morgan fingerprint density at radius 2 is 2.47 bits per heavy atom. The first-order chi connectivity index (χ1) is 9.31. The standard InChI is InChI=1S/C10H9N7O2/c18-9(13-7-4-11-12-5-7)6-17-15-10(14-16-17)8-2-1-3-19-8/h1-5H,6H2,(H,11,12)(H,13,18). The van der Waals surface area contributed by atoms with E-state index in [-0.39, 0.29) is 12.5 Å². The Kier molecular flexibility index (Phi) is 2.77. The van der Waals surface area contributed by atoms with Gasteiger partial charge in [0.2, 0.25) is 11.7 Å². The van der Waals surface area contributed by atoms with E-state index >= 15 is 0 Å². The molecule has 0 saturated heterocycles. The van der Waals surface area contributed by atoms with E-state index in [2.05, 4.69) is 30.9 Å². The van der Waals surface area contributed by atoms with Crippen molar-refractivity contribution in [2.45, 2.75) is 6.54 Å². The molecule has 3 rings (SSSR count). The Labute approximate surface area is 106 Å². The topological polar surface area (TPSA) is 115 Å². The summed E-state index contributed by atoms with van der Waals surface area (Å²) in [5, 5.41) is 20.6. The van der Waals surface area contributed by atoms with Gasteiger partial charge < -0.3 is 9.73 Å². The van der Waals surface area contributed by atoms with Crippen LogP contribution >= 0.6 is 0 Å². The number of anilines is 1. The molecule has 3 heterocycles. The van der Waals surface area contributed by atoms with E-state index in [1.807, 2.05) is 0 Å². The molecule has 96 valence electrons. The van der Waals surface area contributed by atoms with Crippen molar-refractivity contribution in [1.29, 1.82) is 0 Å². The Hall–Kier alpha value is -2.97. The third-order valence-electron chi connectivity index (χ3n) is 2.26. The Morgan fingerprint density at radius 1 is 1.53 bits per heavy atom. The third kappa shape index (κ3) is 2.49. The van der Waals surface area contributed by atoms with Crippen LogP contribution in [0.2, 0.25) is 0 Å². The van der Waals surface area contributed by atoms with Crippen molar-refractivity contribution in [3.8, 4) is 11.6 Å². The molecule has 0 unspecified atom stereocenters. The highest BCUT2D eigenvalue weighted by Gasteiger charge is 2.11. The predicted octanol–water partition coefficient (Wildman–Crippen LogP) is 0.295. The fraction of sp³-hybridized carbons (Fsp3) is 0.100. The maximum absolute atomic E-state index is 11.7. The first-order valence-corrected chi connectivity index (χ1v) is 5.41. The number of carbonyl (C=O) groups excluding carboxylic acids is 1. The van der Waals surface area contributed by atoms with Gasteiger partial charge >= 0.3 is 0 Å². The van der Waals surface area contributed by atoms with Crippen LogP contribution in [0.3, 0.4) is 0 Å². The summed E-state index contributed by atoms with van der Waals surface area (Å²) in [4.78, 5) is 12.9. The number of hydrogen-bond donors (Lipinski definition) is 2. The molecule has 0 spiro atoms. The smallest absolute Gasteiger partial charge is 0.248 e. The van der Waals surface area contributed by atoms with Gasteiger partial charge in [-0.15, -0.1) is 10.2 Å². The van der Waals surface area contributed by atoms with Crippen LogP contribution in [-0.4, -0.2) is 36.3 Å². The van der Waals surface area contributed by atoms with Gasteiger partial charge in [0.25, 0.3) is 0 Å². The number of amides is 1. The molecule has 19 heavy (non-hydrogen) atoms. The SMILES string of the molecule is O=C(Cn1nnc(-c2ccco2)n1)Nc1cn[nH]c1. The Morgan fingerprint density at radius 3 is 3.21 bits per heavy atom. The highest BCUT2D eigenvalue weighted by atomic mass is 16.3. The molecule has 9 nitrogen and oxygen atoms in total. The zero-order valence-corrected chi connectivity index (χ0v) is 9.65. The van der Waals surface area contributed by atoms with Crippen molar-refractivity contribution in [3.05, 3.63) is 30.8 Å². The summed E-state index contributed by atoms with van der Waals surface area (Å²) in [7, 11) is 0. The van der Waals surface area contributed by atoms with Crippen molar-refractivity contribution in [1.82, 2.24) is 30.4 Å². The number of tetrazole rings is 1. The van der Waals surface area contributed by atoms with E-state index in [1.54, 1.807) is 18.3 Å². The molecule has 0 aromatic carbocycles. The minimum Gasteiger partial charge on any atom is -0.461 e. The highest BCUT2D eigenvalue weighted by molar-refractivity contribution is 5.90. The quantitative estimate of drug-likeness (QED) is 0.696. The second-order valence-electron chi connectivity index (χ2n) is 3.66. The van der Waals surface area contributed by atoms with Gasteiger partial charge in [0, 0.05) is 6.20 Å². The molecular formula is C10H9N7O2. The van der Waals surface area contributed by atoms with E-state index < -0.39 is 0 Å². The van der Waals surface area contributed by atoms with Gasteiger partial charge in [0.15, 0.2) is 5.76 Å². The predicted molar refractivity (Wildman–Crippen MR) is 62.7 cm³/mol. The van der Waals surface area contributed by atoms with E-state index in [1.165, 1.54) is 17.3 Å². The van der Waals surface area contributed by atoms with Gasteiger partial charge in [-0.3, -0.25) is 9.89 Å². The zero-order chi connectivity index (χ0) is 13.1. The summed E-state index contributed by atoms with van der Waals surface area (Å²) in [6, 6.07) is 3.44. The van der Waals surface area contributed by atoms with Crippen LogP contribution in [0.25, 0.3) is 11.6 Å². The minimum atomic E-state index is -0.273. The molecule has 0 atom stereocenters. The van der Waals surface area contributed by atoms with Crippen molar-refractivity contribution in [2.75, 3.05) is 5.32 Å². The van der Waals surface area contributed by atoms with Crippen molar-refractivity contribution >= 4 is 11.6 Å². The normalized spacial score (nSPS) is 10.5. The number of aromatic amines is 1. The van der Waals surface area contributed by atoms with Crippen molar-refractivity contribution in [2.24, 2.45) is 0 Å². The van der Waals surface area contributed by atoms with Crippen LogP contribution < -0.4 is 5.32 Å². The molecule has 3 aromatic heterocycles. The maximum Gasteiger partial charge on any atom is 0.248 e. The van der Waals surface area contributed by atoms with E-state index in [9.17, 15) is 4.79 Å². The summed E-state index contributed by atoms with van der Waals surface area (Å²) in [5.74, 6) is 0.562. The lowest BCUT2D eigenvalue weighted by atomic mass is 10.4. The zero-order valence-electron chi connectivity index (χ0n) is 9.65. The molecule has 0 saturated carbocycles. The minimum absolute atomic E-state index is 0.0428. The van der Waals surface area contributed by atoms with Gasteiger partial charge in [-0.1, -0.05) is 0 Å². The monoisotopic (exact) mass is 259 g/mol. The number of aromatic nitrogens is 6. The van der Waals surface area contributed by atoms with Crippen LogP contribution in [-0.2, 0) is 11.3 Å². The number of H-pyrrole nitrogens is 1. The van der Waals surface area contributed by atoms with E-state index in [0.29, 0.717) is 17.3 Å². The van der Waals surface area contributed by atoms with Crippen molar-refractivity contribution in [3.63, 3.8) is 0 Å². The molecule has 0 bridgehead atoms. The summed E-state index contributed by atoms with van der Waals surface area (Å²) in [6.07, 6.45) is 4.59. The number of rotatable bonds is 4. The van der Waals surface area contributed by atoms with E-state index in [0.717, 1.165) is 0 Å². The van der Waals surface area contributed by atoms with Gasteiger partial charge in [-0.2, -0.15) is 9.90 Å². The first kappa shape index (κ1) is 11.1. The molecule has 0 fully saturated rings. The molecule has 9 heteroatoms. The highest BCUT2D eigenvalue weighted by Crippen LogP contribution is 2.12. The number of furan rings is 1. The summed E-state index contributed by atoms with van der Waals surface area (Å²) in [5.41, 5.74) is 0.580. The molecule has 0 radical (unpaired) electrons. The average molecular weight is 259 g/mol. The molecule has 0 aliphatic carbocycles. The van der Waals surface area contributed by atoms with Crippen LogP contribution in [0.15, 0.2) is 35.2 Å². The molecule has 0 aliphatic heterocycles. The number of nitrogens with one attached hydrogen (secondary N) is 2. The molecule has 3 aromatic rings. The molecular weight excluding hydrogens is 250 g/mol. The molecule has 2 N–H and O–H groups in total. The summed E-state index contributed by atoms with van der Waals surface area (Å²) in [6.45, 7) is -0.0428. The second-order valence-corrected chi connectivity index (χ2v) is 3.66. The lowest BCUT2D eigenvalue weighted by Crippen LogP contribution is -2.20. The van der Waals surface area contributed by atoms with Gasteiger partial charge in [0.1, 0.15) is 6.54 Å². The summed E-state index contributed by atoms with van der Waals surface area (Å²) < 4.78 is 5.13. The maximum atomic E-state index is 11.7. The van der Waals surface area contributed by atoms with Crippen LogP contribution in [0.4, 0.5) is 5.69 Å². The lowest BCUT2D eigenvalue weighted by Gasteiger charge is -1.99. The van der Waals surface area contributed by atoms with Crippen LogP contribution in [0, 0.1) is 0 Å². The lowest BCUT2D eigenvalue weighted by molar-refractivity contribution is -0.117. The van der Waals surface area contributed by atoms with Crippen LogP contribution in [0.5, 0.6) is 0 Å². The number of nitrogens with zero attached hydrogens (tertiary/aromatic N) is 5. The van der Waals surface area contributed by atoms with Gasteiger partial charge in [-0.25, -0.2) is 0 Å². The third-order valence-corrected chi connectivity index (χ3v) is 2.26.